The summed E-state index contributed by atoms with van der Waals surface area (Å²) in [6, 6.07) is 0. The number of hydroxylamine groups is 1. The van der Waals surface area contributed by atoms with Crippen LogP contribution in [0.5, 0.6) is 0 Å². The van der Waals surface area contributed by atoms with Crippen LogP contribution in [-0.4, -0.2) is 12.5 Å². The molecule has 0 saturated carbocycles. The van der Waals surface area contributed by atoms with E-state index in [1.165, 1.54) is 0 Å². The molecule has 0 aliphatic rings. The van der Waals surface area contributed by atoms with Gasteiger partial charge in [0.25, 0.3) is 0 Å². The van der Waals surface area contributed by atoms with Crippen LogP contribution in [0.15, 0.2) is 0 Å². The minimum atomic E-state index is -0.163. The van der Waals surface area contributed by atoms with Crippen LogP contribution in [0.25, 0.3) is 0 Å². The second-order valence-electron chi connectivity index (χ2n) is 2.08. The molecule has 0 aromatic rings. The van der Waals surface area contributed by atoms with Crippen LogP contribution in [0.1, 0.15) is 33.1 Å². The van der Waals surface area contributed by atoms with Gasteiger partial charge in [0.05, 0.1) is 0 Å². The standard InChI is InChI=1S/C7H15NO2/c1-3-5-6-7(9)10-8-4-2/h8H,3-6H2,1-2H3. The van der Waals surface area contributed by atoms with Gasteiger partial charge in [0.15, 0.2) is 0 Å². The molecule has 0 amide bonds. The minimum Gasteiger partial charge on any atom is -0.371 e. The third-order valence-corrected chi connectivity index (χ3v) is 1.06. The van der Waals surface area contributed by atoms with Crippen molar-refractivity contribution in [2.24, 2.45) is 0 Å². The number of carbonyl (C=O) groups excluding carboxylic acids is 1. The summed E-state index contributed by atoms with van der Waals surface area (Å²) in [6.07, 6.45) is 2.45. The maximum atomic E-state index is 10.7. The molecule has 0 aliphatic carbocycles. The van der Waals surface area contributed by atoms with Crippen molar-refractivity contribution < 1.29 is 9.63 Å². The van der Waals surface area contributed by atoms with Gasteiger partial charge < -0.3 is 4.84 Å². The van der Waals surface area contributed by atoms with E-state index in [-0.39, 0.29) is 5.97 Å². The summed E-state index contributed by atoms with van der Waals surface area (Å²) in [5, 5.41) is 0. The van der Waals surface area contributed by atoms with E-state index in [2.05, 4.69) is 10.3 Å². The highest BCUT2D eigenvalue weighted by Crippen LogP contribution is 1.94. The molecule has 0 rings (SSSR count). The quantitative estimate of drug-likeness (QED) is 0.591. The molecular formula is C7H15NO2. The van der Waals surface area contributed by atoms with Crippen LogP contribution in [-0.2, 0) is 9.63 Å². The molecule has 0 fully saturated rings. The molecule has 10 heavy (non-hydrogen) atoms. The Morgan fingerprint density at radius 2 is 2.20 bits per heavy atom. The molecule has 0 heterocycles. The Bertz CT molecular complexity index is 83.6. The summed E-state index contributed by atoms with van der Waals surface area (Å²) in [5.41, 5.74) is 2.51. The average Bonchev–Trinajstić information content (AvgIpc) is 1.97. The maximum absolute atomic E-state index is 10.7. The highest BCUT2D eigenvalue weighted by molar-refractivity contribution is 5.68. The molecule has 1 N–H and O–H groups in total. The SMILES string of the molecule is CCCCC(=O)ONCC. The average molecular weight is 145 g/mol. The van der Waals surface area contributed by atoms with Gasteiger partial charge in [-0.2, -0.15) is 5.48 Å². The zero-order valence-electron chi connectivity index (χ0n) is 6.64. The van der Waals surface area contributed by atoms with Crippen LogP contribution in [0.4, 0.5) is 0 Å². The molecule has 0 aliphatic heterocycles. The Labute approximate surface area is 61.7 Å². The van der Waals surface area contributed by atoms with E-state index >= 15 is 0 Å². The van der Waals surface area contributed by atoms with Crippen molar-refractivity contribution in [3.8, 4) is 0 Å². The van der Waals surface area contributed by atoms with Gasteiger partial charge in [-0.05, 0) is 13.3 Å². The van der Waals surface area contributed by atoms with Crippen molar-refractivity contribution in [1.82, 2.24) is 5.48 Å². The van der Waals surface area contributed by atoms with Crippen LogP contribution < -0.4 is 5.48 Å². The van der Waals surface area contributed by atoms with E-state index in [1.807, 2.05) is 13.8 Å². The van der Waals surface area contributed by atoms with Crippen molar-refractivity contribution in [3.63, 3.8) is 0 Å². The zero-order valence-corrected chi connectivity index (χ0v) is 6.64. The van der Waals surface area contributed by atoms with Gasteiger partial charge >= 0.3 is 5.97 Å². The Morgan fingerprint density at radius 3 is 2.70 bits per heavy atom. The number of rotatable bonds is 5. The summed E-state index contributed by atoms with van der Waals surface area (Å²) in [4.78, 5) is 15.3. The second kappa shape index (κ2) is 6.55. The van der Waals surface area contributed by atoms with Crippen molar-refractivity contribution in [2.45, 2.75) is 33.1 Å². The van der Waals surface area contributed by atoms with Gasteiger partial charge in [-0.25, -0.2) is 0 Å². The van der Waals surface area contributed by atoms with E-state index in [0.717, 1.165) is 12.8 Å². The van der Waals surface area contributed by atoms with E-state index in [0.29, 0.717) is 13.0 Å². The number of unbranched alkanes of at least 4 members (excludes halogenated alkanes) is 1. The molecular weight excluding hydrogens is 130 g/mol. The Balaban J connectivity index is 3.09. The molecule has 0 bridgehead atoms. The molecule has 3 nitrogen and oxygen atoms in total. The first-order valence-corrected chi connectivity index (χ1v) is 3.73. The van der Waals surface area contributed by atoms with Crippen LogP contribution in [0.2, 0.25) is 0 Å². The maximum Gasteiger partial charge on any atom is 0.324 e. The van der Waals surface area contributed by atoms with Crippen LogP contribution in [0.3, 0.4) is 0 Å². The van der Waals surface area contributed by atoms with Crippen molar-refractivity contribution >= 4 is 5.97 Å². The lowest BCUT2D eigenvalue weighted by molar-refractivity contribution is -0.151. The molecule has 0 saturated heterocycles. The van der Waals surface area contributed by atoms with E-state index in [9.17, 15) is 4.79 Å². The van der Waals surface area contributed by atoms with Crippen molar-refractivity contribution in [2.75, 3.05) is 6.54 Å². The number of carbonyl (C=O) groups is 1. The highest BCUT2D eigenvalue weighted by atomic mass is 16.7. The first-order chi connectivity index (χ1) is 4.81. The first-order valence-electron chi connectivity index (χ1n) is 3.73. The zero-order chi connectivity index (χ0) is 7.82. The first kappa shape index (κ1) is 9.43. The van der Waals surface area contributed by atoms with Gasteiger partial charge in [-0.15, -0.1) is 0 Å². The molecule has 0 atom stereocenters. The van der Waals surface area contributed by atoms with Gasteiger partial charge in [-0.3, -0.25) is 4.79 Å². The summed E-state index contributed by atoms with van der Waals surface area (Å²) >= 11 is 0. The molecule has 0 aromatic heterocycles. The number of nitrogens with one attached hydrogen (secondary N) is 1. The lowest BCUT2D eigenvalue weighted by Gasteiger charge is -2.00. The Morgan fingerprint density at radius 1 is 1.50 bits per heavy atom. The molecule has 0 radical (unpaired) electrons. The molecule has 3 heteroatoms. The van der Waals surface area contributed by atoms with Crippen molar-refractivity contribution in [1.29, 1.82) is 0 Å². The fourth-order valence-corrected chi connectivity index (χ4v) is 0.525. The molecule has 0 aromatic carbocycles. The summed E-state index contributed by atoms with van der Waals surface area (Å²) < 4.78 is 0. The highest BCUT2D eigenvalue weighted by Gasteiger charge is 1.98. The van der Waals surface area contributed by atoms with Gasteiger partial charge in [0.2, 0.25) is 0 Å². The van der Waals surface area contributed by atoms with E-state index < -0.39 is 0 Å². The predicted molar refractivity (Wildman–Crippen MR) is 39.3 cm³/mol. The molecule has 60 valence electrons. The van der Waals surface area contributed by atoms with Gasteiger partial charge in [0, 0.05) is 13.0 Å². The Kier molecular flexibility index (Phi) is 6.18. The number of hydrogen-bond acceptors (Lipinski definition) is 3. The van der Waals surface area contributed by atoms with Gasteiger partial charge in [0.1, 0.15) is 0 Å². The summed E-state index contributed by atoms with van der Waals surface area (Å²) in [7, 11) is 0. The topological polar surface area (TPSA) is 38.3 Å². The second-order valence-corrected chi connectivity index (χ2v) is 2.08. The normalized spacial score (nSPS) is 9.40. The molecule has 0 spiro atoms. The lowest BCUT2D eigenvalue weighted by atomic mass is 10.3. The number of hydrogen-bond donors (Lipinski definition) is 1. The predicted octanol–water partition coefficient (Wildman–Crippen LogP) is 1.24. The fourth-order valence-electron chi connectivity index (χ4n) is 0.525. The summed E-state index contributed by atoms with van der Waals surface area (Å²) in [6.45, 7) is 4.59. The third-order valence-electron chi connectivity index (χ3n) is 1.06. The van der Waals surface area contributed by atoms with E-state index in [1.54, 1.807) is 0 Å². The van der Waals surface area contributed by atoms with Crippen LogP contribution in [0, 0.1) is 0 Å². The third kappa shape index (κ3) is 5.56. The Hall–Kier alpha value is -0.570. The summed E-state index contributed by atoms with van der Waals surface area (Å²) in [5.74, 6) is -0.163. The minimum absolute atomic E-state index is 0.163. The van der Waals surface area contributed by atoms with E-state index in [4.69, 9.17) is 0 Å². The van der Waals surface area contributed by atoms with Crippen LogP contribution >= 0.6 is 0 Å². The smallest absolute Gasteiger partial charge is 0.324 e. The molecule has 0 unspecified atom stereocenters. The lowest BCUT2D eigenvalue weighted by Crippen LogP contribution is -2.18. The fraction of sp³-hybridized carbons (Fsp3) is 0.857. The van der Waals surface area contributed by atoms with Crippen molar-refractivity contribution in [3.05, 3.63) is 0 Å². The monoisotopic (exact) mass is 145 g/mol. The van der Waals surface area contributed by atoms with Gasteiger partial charge in [-0.1, -0.05) is 13.3 Å². The largest absolute Gasteiger partial charge is 0.371 e.